The molecule has 0 heterocycles. The highest BCUT2D eigenvalue weighted by molar-refractivity contribution is 5.88. The predicted molar refractivity (Wildman–Crippen MR) is 179 cm³/mol. The zero-order chi connectivity index (χ0) is 31.9. The van der Waals surface area contributed by atoms with Crippen LogP contribution < -0.4 is 5.32 Å². The van der Waals surface area contributed by atoms with Crippen LogP contribution in [0.25, 0.3) is 11.1 Å². The van der Waals surface area contributed by atoms with Crippen LogP contribution in [-0.4, -0.2) is 52.5 Å². The fourth-order valence-electron chi connectivity index (χ4n) is 6.16. The number of methoxy groups -OCH3 is 1. The van der Waals surface area contributed by atoms with Crippen LogP contribution >= 0.6 is 0 Å². The molecule has 1 saturated carbocycles. The molecule has 240 valence electrons. The van der Waals surface area contributed by atoms with E-state index in [1.807, 2.05) is 6.07 Å². The Morgan fingerprint density at radius 3 is 2.16 bits per heavy atom. The molecule has 0 aromatic heterocycles. The Morgan fingerprint density at radius 2 is 1.57 bits per heavy atom. The van der Waals surface area contributed by atoms with E-state index in [9.17, 15) is 9.59 Å². The number of nitrogens with one attached hydrogen (secondary N) is 1. The average molecular weight is 604 g/mol. The molecule has 0 saturated heterocycles. The Labute approximate surface area is 265 Å². The first-order valence-electron chi connectivity index (χ1n) is 16.4. The standard InChI is InChI=1S/C38H53NO5/c1-7-9-10-11-29-12-14-31(15-13-29)32-16-18-33(19-17-32)36-21-20-34(22-30(36)8-2)35(25-43-37(40)27(3)23-39-5)26-44-38(41)28(4)24-42-6/h16-22,29,31,35,39H,3-4,7-15,23-26H2,1-2,5-6H3. The smallest absolute Gasteiger partial charge is 0.335 e. The summed E-state index contributed by atoms with van der Waals surface area (Å²) in [5.74, 6) is 0.223. The van der Waals surface area contributed by atoms with Gasteiger partial charge in [-0.1, -0.05) is 95.2 Å². The Bertz CT molecular complexity index is 1190. The molecule has 0 aliphatic heterocycles. The zero-order valence-corrected chi connectivity index (χ0v) is 27.4. The van der Waals surface area contributed by atoms with Crippen molar-refractivity contribution in [1.29, 1.82) is 0 Å². The fourth-order valence-corrected chi connectivity index (χ4v) is 6.16. The minimum Gasteiger partial charge on any atom is -0.462 e. The van der Waals surface area contributed by atoms with Gasteiger partial charge in [0.05, 0.1) is 18.1 Å². The number of hydrogen-bond acceptors (Lipinski definition) is 6. The molecule has 6 heteroatoms. The van der Waals surface area contributed by atoms with Gasteiger partial charge in [0.15, 0.2) is 0 Å². The van der Waals surface area contributed by atoms with Crippen LogP contribution in [0.1, 0.15) is 93.7 Å². The number of benzene rings is 2. The van der Waals surface area contributed by atoms with Crippen LogP contribution in [0.2, 0.25) is 0 Å². The molecule has 1 unspecified atom stereocenters. The second-order valence-corrected chi connectivity index (χ2v) is 12.2. The number of carbonyl (C=O) groups excluding carboxylic acids is 2. The molecule has 2 aromatic carbocycles. The van der Waals surface area contributed by atoms with Gasteiger partial charge < -0.3 is 19.5 Å². The van der Waals surface area contributed by atoms with Crippen molar-refractivity contribution in [3.63, 3.8) is 0 Å². The highest BCUT2D eigenvalue weighted by atomic mass is 16.5. The molecule has 0 amide bonds. The third-order valence-corrected chi connectivity index (χ3v) is 8.85. The average Bonchev–Trinajstić information content (AvgIpc) is 3.05. The van der Waals surface area contributed by atoms with Crippen LogP contribution in [0.4, 0.5) is 0 Å². The molecule has 1 fully saturated rings. The van der Waals surface area contributed by atoms with Crippen LogP contribution in [0.15, 0.2) is 66.8 Å². The van der Waals surface area contributed by atoms with E-state index in [4.69, 9.17) is 14.2 Å². The highest BCUT2D eigenvalue weighted by Crippen LogP contribution is 2.38. The van der Waals surface area contributed by atoms with Crippen molar-refractivity contribution < 1.29 is 23.8 Å². The van der Waals surface area contributed by atoms with E-state index < -0.39 is 11.9 Å². The lowest BCUT2D eigenvalue weighted by atomic mass is 9.77. The summed E-state index contributed by atoms with van der Waals surface area (Å²) in [5, 5.41) is 2.91. The van der Waals surface area contributed by atoms with Gasteiger partial charge in [-0.05, 0) is 78.8 Å². The van der Waals surface area contributed by atoms with Gasteiger partial charge in [-0.25, -0.2) is 9.59 Å². The van der Waals surface area contributed by atoms with Crippen LogP contribution in [0, 0.1) is 5.92 Å². The quantitative estimate of drug-likeness (QED) is 0.106. The van der Waals surface area contributed by atoms with Gasteiger partial charge in [-0.15, -0.1) is 0 Å². The molecule has 1 aliphatic rings. The number of unbranched alkanes of at least 4 members (excludes halogenated alkanes) is 2. The maximum atomic E-state index is 12.5. The molecule has 0 bridgehead atoms. The highest BCUT2D eigenvalue weighted by Gasteiger charge is 2.23. The first-order valence-corrected chi connectivity index (χ1v) is 16.4. The summed E-state index contributed by atoms with van der Waals surface area (Å²) in [5.41, 5.74) is 6.53. The van der Waals surface area contributed by atoms with Crippen LogP contribution in [0.3, 0.4) is 0 Å². The number of rotatable bonds is 18. The van der Waals surface area contributed by atoms with Crippen LogP contribution in [-0.2, 0) is 30.2 Å². The van der Waals surface area contributed by atoms with Crippen molar-refractivity contribution in [1.82, 2.24) is 5.32 Å². The molecule has 1 aliphatic carbocycles. The summed E-state index contributed by atoms with van der Waals surface area (Å²) in [6.45, 7) is 12.5. The van der Waals surface area contributed by atoms with Gasteiger partial charge in [0, 0.05) is 19.2 Å². The topological polar surface area (TPSA) is 73.9 Å². The Balaban J connectivity index is 1.73. The number of aryl methyl sites for hydroxylation is 1. The summed E-state index contributed by atoms with van der Waals surface area (Å²) < 4.78 is 16.2. The van der Waals surface area contributed by atoms with E-state index in [0.717, 1.165) is 17.9 Å². The molecule has 1 atom stereocenters. The normalized spacial score (nSPS) is 17.1. The Hall–Kier alpha value is -3.22. The largest absolute Gasteiger partial charge is 0.462 e. The number of ether oxygens (including phenoxy) is 3. The van der Waals surface area contributed by atoms with Crippen LogP contribution in [0.5, 0.6) is 0 Å². The first kappa shape index (κ1) is 35.3. The Kier molecular flexibility index (Phi) is 14.9. The minimum atomic E-state index is -0.528. The SMILES string of the molecule is C=C(CNC)C(=O)OCC(COC(=O)C(=C)COC)c1ccc(-c2ccc(C3CCC(CCCCC)CC3)cc2)c(CC)c1. The molecule has 0 spiro atoms. The maximum absolute atomic E-state index is 12.5. The maximum Gasteiger partial charge on any atom is 0.335 e. The summed E-state index contributed by atoms with van der Waals surface area (Å²) in [6.07, 6.45) is 11.6. The molecule has 6 nitrogen and oxygen atoms in total. The summed E-state index contributed by atoms with van der Waals surface area (Å²) in [4.78, 5) is 24.9. The second kappa shape index (κ2) is 18.6. The number of likely N-dealkylation sites (N-methyl/N-ethyl adjacent to an activating group) is 1. The van der Waals surface area contributed by atoms with Gasteiger partial charge in [0.1, 0.15) is 13.2 Å². The van der Waals surface area contributed by atoms with Gasteiger partial charge >= 0.3 is 11.9 Å². The molecular weight excluding hydrogens is 550 g/mol. The minimum absolute atomic E-state index is 0.0470. The number of carbonyl (C=O) groups is 2. The fraction of sp³-hybridized carbons (Fsp3) is 0.526. The van der Waals surface area contributed by atoms with Crippen molar-refractivity contribution >= 4 is 11.9 Å². The lowest BCUT2D eigenvalue weighted by Gasteiger charge is -2.29. The predicted octanol–water partition coefficient (Wildman–Crippen LogP) is 7.92. The number of esters is 2. The van der Waals surface area contributed by atoms with E-state index in [2.05, 4.69) is 68.7 Å². The van der Waals surface area contributed by atoms with Crippen molar-refractivity contribution in [2.45, 2.75) is 83.5 Å². The van der Waals surface area contributed by atoms with E-state index in [0.29, 0.717) is 18.0 Å². The van der Waals surface area contributed by atoms with E-state index >= 15 is 0 Å². The molecule has 1 N–H and O–H groups in total. The molecular formula is C38H53NO5. The molecule has 3 rings (SSSR count). The van der Waals surface area contributed by atoms with Crippen molar-refractivity contribution in [2.24, 2.45) is 5.92 Å². The van der Waals surface area contributed by atoms with E-state index in [-0.39, 0.29) is 31.3 Å². The third kappa shape index (κ3) is 10.4. The summed E-state index contributed by atoms with van der Waals surface area (Å²) in [6, 6.07) is 15.5. The lowest BCUT2D eigenvalue weighted by molar-refractivity contribution is -0.142. The zero-order valence-electron chi connectivity index (χ0n) is 27.4. The Morgan fingerprint density at radius 1 is 0.909 bits per heavy atom. The summed E-state index contributed by atoms with van der Waals surface area (Å²) in [7, 11) is 3.25. The van der Waals surface area contributed by atoms with E-state index in [1.165, 1.54) is 80.7 Å². The molecule has 2 aromatic rings. The van der Waals surface area contributed by atoms with Gasteiger partial charge in [0.2, 0.25) is 0 Å². The monoisotopic (exact) mass is 603 g/mol. The van der Waals surface area contributed by atoms with Gasteiger partial charge in [0.25, 0.3) is 0 Å². The van der Waals surface area contributed by atoms with Crippen molar-refractivity contribution in [3.8, 4) is 11.1 Å². The van der Waals surface area contributed by atoms with Gasteiger partial charge in [-0.2, -0.15) is 0 Å². The van der Waals surface area contributed by atoms with Crippen molar-refractivity contribution in [3.05, 3.63) is 83.5 Å². The third-order valence-electron chi connectivity index (χ3n) is 8.85. The first-order chi connectivity index (χ1) is 21.3. The molecule has 0 radical (unpaired) electrons. The van der Waals surface area contributed by atoms with E-state index in [1.54, 1.807) is 7.05 Å². The summed E-state index contributed by atoms with van der Waals surface area (Å²) >= 11 is 0. The molecule has 44 heavy (non-hydrogen) atoms. The van der Waals surface area contributed by atoms with Crippen molar-refractivity contribution in [2.75, 3.05) is 40.5 Å². The lowest BCUT2D eigenvalue weighted by Crippen LogP contribution is -2.23. The second-order valence-electron chi connectivity index (χ2n) is 12.2. The number of hydrogen-bond donors (Lipinski definition) is 1. The van der Waals surface area contributed by atoms with Gasteiger partial charge in [-0.3, -0.25) is 0 Å².